The standard InChI is InChI=1S/C16H19N5/c1-11-6-5-7-12(8-11)21-15-13(9-19-21)14(17-10-18-15)20-16(2,3)4/h5-10H,1-4H3,(H,17,18,20). The highest BCUT2D eigenvalue weighted by molar-refractivity contribution is 5.87. The predicted molar refractivity (Wildman–Crippen MR) is 84.8 cm³/mol. The highest BCUT2D eigenvalue weighted by atomic mass is 15.3. The summed E-state index contributed by atoms with van der Waals surface area (Å²) in [5.74, 6) is 0.811. The maximum atomic E-state index is 4.47. The second kappa shape index (κ2) is 4.84. The molecule has 0 aliphatic rings. The highest BCUT2D eigenvalue weighted by Crippen LogP contribution is 2.24. The summed E-state index contributed by atoms with van der Waals surface area (Å²) in [7, 11) is 0. The fourth-order valence-electron chi connectivity index (χ4n) is 2.25. The van der Waals surface area contributed by atoms with E-state index >= 15 is 0 Å². The van der Waals surface area contributed by atoms with Gasteiger partial charge in [-0.2, -0.15) is 5.10 Å². The van der Waals surface area contributed by atoms with Gasteiger partial charge in [0.2, 0.25) is 0 Å². The monoisotopic (exact) mass is 281 g/mol. The van der Waals surface area contributed by atoms with Crippen molar-refractivity contribution in [1.29, 1.82) is 0 Å². The molecule has 0 aliphatic carbocycles. The molecule has 1 aromatic carbocycles. The fourth-order valence-corrected chi connectivity index (χ4v) is 2.25. The lowest BCUT2D eigenvalue weighted by atomic mass is 10.1. The van der Waals surface area contributed by atoms with Gasteiger partial charge in [-0.15, -0.1) is 0 Å². The minimum Gasteiger partial charge on any atom is -0.365 e. The second-order valence-electron chi connectivity index (χ2n) is 6.23. The molecule has 3 aromatic rings. The Labute approximate surface area is 124 Å². The molecule has 0 fully saturated rings. The summed E-state index contributed by atoms with van der Waals surface area (Å²) in [6.07, 6.45) is 3.39. The van der Waals surface area contributed by atoms with Crippen LogP contribution in [0.2, 0.25) is 0 Å². The van der Waals surface area contributed by atoms with E-state index < -0.39 is 0 Å². The number of nitrogens with one attached hydrogen (secondary N) is 1. The molecule has 0 spiro atoms. The third-order valence-corrected chi connectivity index (χ3v) is 3.11. The number of rotatable bonds is 2. The Kier molecular flexibility index (Phi) is 3.12. The molecule has 0 unspecified atom stereocenters. The summed E-state index contributed by atoms with van der Waals surface area (Å²) in [6.45, 7) is 8.38. The van der Waals surface area contributed by atoms with Crippen molar-refractivity contribution in [1.82, 2.24) is 19.7 Å². The third-order valence-electron chi connectivity index (χ3n) is 3.11. The van der Waals surface area contributed by atoms with Crippen molar-refractivity contribution >= 4 is 16.9 Å². The van der Waals surface area contributed by atoms with Crippen LogP contribution in [0.4, 0.5) is 5.82 Å². The lowest BCUT2D eigenvalue weighted by Gasteiger charge is -2.21. The zero-order valence-electron chi connectivity index (χ0n) is 12.8. The molecular weight excluding hydrogens is 262 g/mol. The summed E-state index contributed by atoms with van der Waals surface area (Å²) < 4.78 is 1.85. The quantitative estimate of drug-likeness (QED) is 0.782. The second-order valence-corrected chi connectivity index (χ2v) is 6.23. The van der Waals surface area contributed by atoms with Crippen LogP contribution in [0.5, 0.6) is 0 Å². The first-order chi connectivity index (χ1) is 9.94. The molecular formula is C16H19N5. The smallest absolute Gasteiger partial charge is 0.168 e. The van der Waals surface area contributed by atoms with Crippen LogP contribution >= 0.6 is 0 Å². The van der Waals surface area contributed by atoms with Crippen molar-refractivity contribution < 1.29 is 0 Å². The van der Waals surface area contributed by atoms with Crippen molar-refractivity contribution in [3.63, 3.8) is 0 Å². The Morgan fingerprint density at radius 1 is 1.14 bits per heavy atom. The summed E-state index contributed by atoms with van der Waals surface area (Å²) in [4.78, 5) is 8.73. The van der Waals surface area contributed by atoms with Crippen LogP contribution in [-0.2, 0) is 0 Å². The molecule has 5 heteroatoms. The molecule has 3 rings (SSSR count). The molecule has 0 saturated carbocycles. The van der Waals surface area contributed by atoms with Gasteiger partial charge in [-0.25, -0.2) is 14.6 Å². The Hall–Kier alpha value is -2.43. The van der Waals surface area contributed by atoms with E-state index in [1.54, 1.807) is 6.33 Å². The van der Waals surface area contributed by atoms with E-state index in [0.29, 0.717) is 0 Å². The normalized spacial score (nSPS) is 11.8. The fraction of sp³-hybridized carbons (Fsp3) is 0.312. The zero-order chi connectivity index (χ0) is 15.0. The van der Waals surface area contributed by atoms with E-state index in [4.69, 9.17) is 0 Å². The van der Waals surface area contributed by atoms with Gasteiger partial charge in [0.05, 0.1) is 17.3 Å². The van der Waals surface area contributed by atoms with Crippen molar-refractivity contribution in [2.75, 3.05) is 5.32 Å². The Morgan fingerprint density at radius 3 is 2.67 bits per heavy atom. The van der Waals surface area contributed by atoms with Crippen LogP contribution in [0, 0.1) is 6.92 Å². The van der Waals surface area contributed by atoms with Gasteiger partial charge in [0.25, 0.3) is 0 Å². The van der Waals surface area contributed by atoms with E-state index in [0.717, 1.165) is 22.5 Å². The van der Waals surface area contributed by atoms with Gasteiger partial charge in [0.1, 0.15) is 12.1 Å². The molecule has 0 aliphatic heterocycles. The number of fused-ring (bicyclic) bond motifs is 1. The number of aryl methyl sites for hydroxylation is 1. The Morgan fingerprint density at radius 2 is 1.95 bits per heavy atom. The Bertz CT molecular complexity index is 783. The lowest BCUT2D eigenvalue weighted by Crippen LogP contribution is -2.26. The zero-order valence-corrected chi connectivity index (χ0v) is 12.8. The number of hydrogen-bond acceptors (Lipinski definition) is 4. The third kappa shape index (κ3) is 2.72. The van der Waals surface area contributed by atoms with Gasteiger partial charge in [-0.1, -0.05) is 12.1 Å². The summed E-state index contributed by atoms with van der Waals surface area (Å²) >= 11 is 0. The minimum absolute atomic E-state index is 0.0628. The van der Waals surface area contributed by atoms with Crippen LogP contribution in [0.15, 0.2) is 36.8 Å². The Balaban J connectivity index is 2.13. The van der Waals surface area contributed by atoms with Gasteiger partial charge in [0.15, 0.2) is 5.65 Å². The van der Waals surface area contributed by atoms with E-state index in [1.807, 2.05) is 23.0 Å². The van der Waals surface area contributed by atoms with Crippen molar-refractivity contribution in [3.8, 4) is 5.69 Å². The predicted octanol–water partition coefficient (Wildman–Crippen LogP) is 3.33. The van der Waals surface area contributed by atoms with Crippen LogP contribution in [0.3, 0.4) is 0 Å². The molecule has 0 amide bonds. The first-order valence-corrected chi connectivity index (χ1v) is 6.98. The first kappa shape index (κ1) is 13.5. The number of hydrogen-bond donors (Lipinski definition) is 1. The summed E-state index contributed by atoms with van der Waals surface area (Å²) in [5.41, 5.74) is 2.94. The number of benzene rings is 1. The molecule has 108 valence electrons. The van der Waals surface area contributed by atoms with Crippen LogP contribution in [0.1, 0.15) is 26.3 Å². The molecule has 5 nitrogen and oxygen atoms in total. The summed E-state index contributed by atoms with van der Waals surface area (Å²) in [6, 6.07) is 8.20. The molecule has 0 bridgehead atoms. The van der Waals surface area contributed by atoms with Gasteiger partial charge >= 0.3 is 0 Å². The number of anilines is 1. The SMILES string of the molecule is Cc1cccc(-n2ncc3c(NC(C)(C)C)ncnc32)c1. The highest BCUT2D eigenvalue weighted by Gasteiger charge is 2.15. The van der Waals surface area contributed by atoms with Crippen molar-refractivity contribution in [3.05, 3.63) is 42.4 Å². The van der Waals surface area contributed by atoms with Gasteiger partial charge in [-0.3, -0.25) is 0 Å². The average molecular weight is 281 g/mol. The molecule has 2 aromatic heterocycles. The molecule has 0 radical (unpaired) electrons. The van der Waals surface area contributed by atoms with E-state index in [2.05, 4.69) is 60.2 Å². The number of nitrogens with zero attached hydrogens (tertiary/aromatic N) is 4. The lowest BCUT2D eigenvalue weighted by molar-refractivity contribution is 0.631. The van der Waals surface area contributed by atoms with Crippen LogP contribution in [-0.4, -0.2) is 25.3 Å². The number of aromatic nitrogens is 4. The topological polar surface area (TPSA) is 55.6 Å². The van der Waals surface area contributed by atoms with E-state index in [1.165, 1.54) is 5.56 Å². The van der Waals surface area contributed by atoms with Gasteiger partial charge in [-0.05, 0) is 45.4 Å². The molecule has 1 N–H and O–H groups in total. The first-order valence-electron chi connectivity index (χ1n) is 6.98. The molecule has 2 heterocycles. The maximum absolute atomic E-state index is 4.47. The van der Waals surface area contributed by atoms with Crippen LogP contribution in [0.25, 0.3) is 16.7 Å². The summed E-state index contributed by atoms with van der Waals surface area (Å²) in [5, 5.41) is 8.79. The van der Waals surface area contributed by atoms with Crippen molar-refractivity contribution in [2.24, 2.45) is 0 Å². The molecule has 0 saturated heterocycles. The largest absolute Gasteiger partial charge is 0.365 e. The van der Waals surface area contributed by atoms with Gasteiger partial charge in [0, 0.05) is 5.54 Å². The average Bonchev–Trinajstić information content (AvgIpc) is 2.82. The maximum Gasteiger partial charge on any atom is 0.168 e. The van der Waals surface area contributed by atoms with E-state index in [-0.39, 0.29) is 5.54 Å². The minimum atomic E-state index is -0.0628. The van der Waals surface area contributed by atoms with Gasteiger partial charge < -0.3 is 5.32 Å². The van der Waals surface area contributed by atoms with Crippen LogP contribution < -0.4 is 5.32 Å². The van der Waals surface area contributed by atoms with Crippen molar-refractivity contribution in [2.45, 2.75) is 33.2 Å². The molecule has 0 atom stereocenters. The molecule has 21 heavy (non-hydrogen) atoms. The van der Waals surface area contributed by atoms with E-state index in [9.17, 15) is 0 Å².